The van der Waals surface area contributed by atoms with E-state index in [-0.39, 0.29) is 17.7 Å². The monoisotopic (exact) mass is 345 g/mol. The second kappa shape index (κ2) is 5.61. The molecule has 0 bridgehead atoms. The summed E-state index contributed by atoms with van der Waals surface area (Å²) in [5.41, 5.74) is 0.713. The summed E-state index contributed by atoms with van der Waals surface area (Å²) in [5, 5.41) is 10.8. The molecule has 2 fully saturated rings. The van der Waals surface area contributed by atoms with Crippen LogP contribution in [-0.2, 0) is 0 Å². The van der Waals surface area contributed by atoms with Crippen LogP contribution in [0.2, 0.25) is 0 Å². The highest BCUT2D eigenvalue weighted by Crippen LogP contribution is 2.57. The zero-order valence-electron chi connectivity index (χ0n) is 13.0. The zero-order chi connectivity index (χ0) is 17.7. The number of carbonyl (C=O) groups excluding carboxylic acids is 1. The first kappa shape index (κ1) is 15.7. The number of carbonyl (C=O) groups is 1. The van der Waals surface area contributed by atoms with E-state index in [1.807, 2.05) is 0 Å². The van der Waals surface area contributed by atoms with Gasteiger partial charge in [-0.2, -0.15) is 0 Å². The molecule has 2 amide bonds. The van der Waals surface area contributed by atoms with Crippen molar-refractivity contribution in [1.29, 1.82) is 5.41 Å². The summed E-state index contributed by atoms with van der Waals surface area (Å²) < 4.78 is 40.1. The third-order valence-electron chi connectivity index (χ3n) is 4.67. The fourth-order valence-electron chi connectivity index (χ4n) is 3.49. The van der Waals surface area contributed by atoms with Gasteiger partial charge in [0.1, 0.15) is 23.3 Å². The van der Waals surface area contributed by atoms with Gasteiger partial charge in [-0.25, -0.2) is 18.0 Å². The predicted molar refractivity (Wildman–Crippen MR) is 85.7 cm³/mol. The van der Waals surface area contributed by atoms with Crippen LogP contribution < -0.4 is 5.32 Å². The molecule has 1 saturated carbocycles. The summed E-state index contributed by atoms with van der Waals surface area (Å²) in [5.74, 6) is -1.81. The Morgan fingerprint density at radius 3 is 2.32 bits per heavy atom. The molecule has 128 valence electrons. The van der Waals surface area contributed by atoms with Crippen LogP contribution >= 0.6 is 0 Å². The quantitative estimate of drug-likeness (QED) is 0.837. The van der Waals surface area contributed by atoms with E-state index < -0.39 is 29.5 Å². The lowest BCUT2D eigenvalue weighted by molar-refractivity contribution is 0.221. The molecule has 7 heteroatoms. The van der Waals surface area contributed by atoms with Crippen LogP contribution in [0.25, 0.3) is 0 Å². The van der Waals surface area contributed by atoms with Gasteiger partial charge in [0, 0.05) is 17.7 Å². The zero-order valence-corrected chi connectivity index (χ0v) is 13.0. The Hall–Kier alpha value is -2.83. The Morgan fingerprint density at radius 2 is 1.68 bits per heavy atom. The van der Waals surface area contributed by atoms with Gasteiger partial charge in [-0.3, -0.25) is 10.3 Å². The summed E-state index contributed by atoms with van der Waals surface area (Å²) in [6, 6.07) is 7.25. The highest BCUT2D eigenvalue weighted by Gasteiger charge is 2.58. The molecule has 4 rings (SSSR count). The molecule has 2 aromatic rings. The topological polar surface area (TPSA) is 56.2 Å². The van der Waals surface area contributed by atoms with Gasteiger partial charge < -0.3 is 5.32 Å². The second-order valence-corrected chi connectivity index (χ2v) is 6.35. The Labute approximate surface area is 141 Å². The Morgan fingerprint density at radius 1 is 1.04 bits per heavy atom. The number of anilines is 1. The number of nitrogens with one attached hydrogen (secondary N) is 2. The Kier molecular flexibility index (Phi) is 3.52. The van der Waals surface area contributed by atoms with Crippen molar-refractivity contribution in [3.8, 4) is 0 Å². The highest BCUT2D eigenvalue weighted by molar-refractivity contribution is 6.06. The second-order valence-electron chi connectivity index (χ2n) is 6.35. The van der Waals surface area contributed by atoms with Crippen molar-refractivity contribution >= 4 is 17.6 Å². The number of amidine groups is 1. The third-order valence-corrected chi connectivity index (χ3v) is 4.67. The number of nitrogens with zero attached hydrogens (tertiary/aromatic N) is 1. The summed E-state index contributed by atoms with van der Waals surface area (Å²) in [6.07, 6.45) is 0.724. The lowest BCUT2D eigenvalue weighted by Gasteiger charge is -2.28. The van der Waals surface area contributed by atoms with Gasteiger partial charge in [0.05, 0.1) is 6.04 Å². The van der Waals surface area contributed by atoms with Crippen molar-refractivity contribution in [2.45, 2.75) is 12.5 Å². The third kappa shape index (κ3) is 2.75. The van der Waals surface area contributed by atoms with E-state index in [1.54, 1.807) is 0 Å². The molecular weight excluding hydrogens is 331 g/mol. The summed E-state index contributed by atoms with van der Waals surface area (Å²) in [7, 11) is 0. The van der Waals surface area contributed by atoms with Crippen LogP contribution in [0.1, 0.15) is 18.0 Å². The first-order chi connectivity index (χ1) is 11.9. The molecule has 2 aliphatic rings. The first-order valence-electron chi connectivity index (χ1n) is 7.84. The minimum absolute atomic E-state index is 0.00679. The fourth-order valence-corrected chi connectivity index (χ4v) is 3.49. The van der Waals surface area contributed by atoms with Crippen molar-refractivity contribution in [2.75, 3.05) is 5.32 Å². The first-order valence-corrected chi connectivity index (χ1v) is 7.84. The number of urea groups is 1. The molecule has 3 atom stereocenters. The van der Waals surface area contributed by atoms with Crippen LogP contribution in [0.5, 0.6) is 0 Å². The van der Waals surface area contributed by atoms with E-state index in [9.17, 15) is 18.0 Å². The van der Waals surface area contributed by atoms with Gasteiger partial charge in [-0.05, 0) is 54.3 Å². The number of hydrogen-bond acceptors (Lipinski definition) is 2. The lowest BCUT2D eigenvalue weighted by atomic mass is 10.0. The molecule has 2 aromatic carbocycles. The number of halogens is 3. The highest BCUT2D eigenvalue weighted by atomic mass is 19.1. The van der Waals surface area contributed by atoms with E-state index >= 15 is 0 Å². The van der Waals surface area contributed by atoms with Gasteiger partial charge >= 0.3 is 6.03 Å². The number of fused-ring (bicyclic) bond motifs is 1. The number of hydrogen-bond donors (Lipinski definition) is 2. The maximum absolute atomic E-state index is 13.6. The molecule has 4 nitrogen and oxygen atoms in total. The minimum atomic E-state index is -0.718. The Balaban J connectivity index is 1.63. The molecule has 2 N–H and O–H groups in total. The predicted octanol–water partition coefficient (Wildman–Crippen LogP) is 4.31. The average molecular weight is 345 g/mol. The number of likely N-dealkylation sites (tertiary alicyclic amines) is 1. The van der Waals surface area contributed by atoms with Gasteiger partial charge in [0.2, 0.25) is 0 Å². The van der Waals surface area contributed by atoms with Gasteiger partial charge in [-0.1, -0.05) is 0 Å². The van der Waals surface area contributed by atoms with E-state index in [0.29, 0.717) is 11.3 Å². The smallest absolute Gasteiger partial charge is 0.307 e. The summed E-state index contributed by atoms with van der Waals surface area (Å²) in [4.78, 5) is 13.9. The van der Waals surface area contributed by atoms with Crippen molar-refractivity contribution in [3.05, 3.63) is 65.5 Å². The molecule has 1 aliphatic carbocycles. The average Bonchev–Trinajstić information content (AvgIpc) is 3.28. The normalized spacial score (nSPS) is 24.2. The van der Waals surface area contributed by atoms with E-state index in [1.165, 1.54) is 41.3 Å². The minimum Gasteiger partial charge on any atom is -0.307 e. The molecule has 0 spiro atoms. The molecule has 1 aliphatic heterocycles. The van der Waals surface area contributed by atoms with Crippen LogP contribution in [0.15, 0.2) is 42.5 Å². The summed E-state index contributed by atoms with van der Waals surface area (Å²) >= 11 is 0. The van der Waals surface area contributed by atoms with Gasteiger partial charge in [-0.15, -0.1) is 0 Å². The maximum Gasteiger partial charge on any atom is 0.327 e. The van der Waals surface area contributed by atoms with Gasteiger partial charge in [0.15, 0.2) is 0 Å². The number of rotatable bonds is 2. The molecular formula is C18H14F3N3O. The van der Waals surface area contributed by atoms with Crippen molar-refractivity contribution in [1.82, 2.24) is 4.90 Å². The van der Waals surface area contributed by atoms with Crippen LogP contribution in [0.3, 0.4) is 0 Å². The number of amides is 2. The van der Waals surface area contributed by atoms with Crippen LogP contribution in [0.4, 0.5) is 23.7 Å². The van der Waals surface area contributed by atoms with Gasteiger partial charge in [0.25, 0.3) is 0 Å². The molecule has 25 heavy (non-hydrogen) atoms. The standard InChI is InChI=1S/C18H14F3N3O/c19-10-1-3-13(4-2-10)23-18(25)24-16(14-8-15(14)17(24)22)9-5-11(20)7-12(21)6-9/h1-7,14-16,22H,8H2,(H,23,25). The maximum atomic E-state index is 13.6. The van der Waals surface area contributed by atoms with Crippen molar-refractivity contribution in [2.24, 2.45) is 11.8 Å². The molecule has 1 heterocycles. The largest absolute Gasteiger partial charge is 0.327 e. The van der Waals surface area contributed by atoms with Crippen LogP contribution in [0, 0.1) is 34.7 Å². The van der Waals surface area contributed by atoms with E-state index in [4.69, 9.17) is 5.41 Å². The fraction of sp³-hybridized carbons (Fsp3) is 0.222. The van der Waals surface area contributed by atoms with Crippen molar-refractivity contribution < 1.29 is 18.0 Å². The molecule has 1 saturated heterocycles. The SMILES string of the molecule is N=C1C2CC2C(c2cc(F)cc(F)c2)N1C(=O)Nc1ccc(F)cc1. The van der Waals surface area contributed by atoms with E-state index in [0.717, 1.165) is 12.5 Å². The number of piperidine rings is 1. The Bertz CT molecular complexity index is 848. The van der Waals surface area contributed by atoms with Crippen LogP contribution in [-0.4, -0.2) is 16.8 Å². The number of benzene rings is 2. The summed E-state index contributed by atoms with van der Waals surface area (Å²) in [6.45, 7) is 0. The lowest BCUT2D eigenvalue weighted by Crippen LogP contribution is -2.39. The molecule has 0 radical (unpaired) electrons. The molecule has 0 aromatic heterocycles. The van der Waals surface area contributed by atoms with E-state index in [2.05, 4.69) is 5.32 Å². The van der Waals surface area contributed by atoms with Crippen molar-refractivity contribution in [3.63, 3.8) is 0 Å². The molecule has 3 unspecified atom stereocenters.